The maximum Gasteiger partial charge on any atom is 0.321 e. The van der Waals surface area contributed by atoms with Crippen LogP contribution >= 0.6 is 11.6 Å². The van der Waals surface area contributed by atoms with Gasteiger partial charge < -0.3 is 15.1 Å². The monoisotopic (exact) mass is 309 g/mol. The Morgan fingerprint density at radius 3 is 2.52 bits per heavy atom. The molecule has 21 heavy (non-hydrogen) atoms. The summed E-state index contributed by atoms with van der Waals surface area (Å²) >= 11 is 5.89. The second-order valence-electron chi connectivity index (χ2n) is 4.89. The van der Waals surface area contributed by atoms with Crippen LogP contribution in [0.3, 0.4) is 0 Å². The number of hydrogen-bond acceptors (Lipinski definition) is 2. The molecular formula is C15H20ClN3O2. The van der Waals surface area contributed by atoms with Crippen molar-refractivity contribution in [3.63, 3.8) is 0 Å². The molecule has 2 rings (SSSR count). The molecule has 5 nitrogen and oxygen atoms in total. The van der Waals surface area contributed by atoms with Crippen molar-refractivity contribution < 1.29 is 9.59 Å². The highest BCUT2D eigenvalue weighted by atomic mass is 35.5. The molecule has 1 aliphatic rings. The molecule has 1 N–H and O–H groups in total. The summed E-state index contributed by atoms with van der Waals surface area (Å²) < 4.78 is 0. The van der Waals surface area contributed by atoms with E-state index in [0.29, 0.717) is 31.2 Å². The first-order chi connectivity index (χ1) is 10.1. The predicted octanol–water partition coefficient (Wildman–Crippen LogP) is 2.27. The fourth-order valence-corrected chi connectivity index (χ4v) is 2.65. The van der Waals surface area contributed by atoms with Crippen LogP contribution in [0.1, 0.15) is 25.5 Å². The summed E-state index contributed by atoms with van der Waals surface area (Å²) in [5.41, 5.74) is 0.775. The summed E-state index contributed by atoms with van der Waals surface area (Å²) in [6.07, 6.45) is 0. The van der Waals surface area contributed by atoms with Crippen molar-refractivity contribution in [1.82, 2.24) is 15.1 Å². The van der Waals surface area contributed by atoms with Gasteiger partial charge in [-0.05, 0) is 31.5 Å². The molecule has 1 aromatic carbocycles. The Bertz CT molecular complexity index is 514. The summed E-state index contributed by atoms with van der Waals surface area (Å²) in [6.45, 7) is 6.11. The molecule has 0 bridgehead atoms. The molecule has 3 amide bonds. The average Bonchev–Trinajstić information content (AvgIpc) is 2.49. The van der Waals surface area contributed by atoms with E-state index in [1.54, 1.807) is 34.1 Å². The van der Waals surface area contributed by atoms with Gasteiger partial charge in [-0.3, -0.25) is 4.79 Å². The molecule has 0 radical (unpaired) electrons. The second-order valence-corrected chi connectivity index (χ2v) is 5.33. The molecule has 1 aliphatic heterocycles. The van der Waals surface area contributed by atoms with E-state index < -0.39 is 6.04 Å². The lowest BCUT2D eigenvalue weighted by Gasteiger charge is -2.38. The van der Waals surface area contributed by atoms with Crippen LogP contribution in [0.25, 0.3) is 0 Å². The first kappa shape index (κ1) is 15.6. The molecule has 1 saturated heterocycles. The Morgan fingerprint density at radius 1 is 1.33 bits per heavy atom. The maximum absolute atomic E-state index is 12.6. The lowest BCUT2D eigenvalue weighted by Crippen LogP contribution is -2.55. The van der Waals surface area contributed by atoms with Gasteiger partial charge in [-0.25, -0.2) is 4.79 Å². The smallest absolute Gasteiger partial charge is 0.321 e. The molecule has 1 fully saturated rings. The summed E-state index contributed by atoms with van der Waals surface area (Å²) in [5.74, 6) is -0.149. The lowest BCUT2D eigenvalue weighted by molar-refractivity contribution is -0.128. The highest BCUT2D eigenvalue weighted by Crippen LogP contribution is 2.25. The fraction of sp³-hybridized carbons (Fsp3) is 0.467. The fourth-order valence-electron chi connectivity index (χ4n) is 2.53. The molecule has 1 unspecified atom stereocenters. The number of piperazine rings is 1. The van der Waals surface area contributed by atoms with E-state index >= 15 is 0 Å². The van der Waals surface area contributed by atoms with Crippen LogP contribution in [0.15, 0.2) is 24.3 Å². The standard InChI is InChI=1S/C15H20ClN3O2/c1-3-18(4-2)15(21)19-10-9-17-14(20)13(19)11-5-7-12(16)8-6-11/h5-8,13H,3-4,9-10H2,1-2H3,(H,17,20). The van der Waals surface area contributed by atoms with Gasteiger partial charge in [-0.15, -0.1) is 0 Å². The largest absolute Gasteiger partial charge is 0.352 e. The molecule has 114 valence electrons. The maximum atomic E-state index is 12.6. The summed E-state index contributed by atoms with van der Waals surface area (Å²) in [7, 11) is 0. The highest BCUT2D eigenvalue weighted by Gasteiger charge is 2.35. The molecule has 6 heteroatoms. The summed E-state index contributed by atoms with van der Waals surface area (Å²) in [5, 5.41) is 3.43. The number of hydrogen-bond donors (Lipinski definition) is 1. The van der Waals surface area contributed by atoms with E-state index in [0.717, 1.165) is 5.56 Å². The molecular weight excluding hydrogens is 290 g/mol. The van der Waals surface area contributed by atoms with Crippen LogP contribution in [-0.2, 0) is 4.79 Å². The zero-order chi connectivity index (χ0) is 15.4. The normalized spacial score (nSPS) is 18.3. The minimum absolute atomic E-state index is 0.102. The third kappa shape index (κ3) is 3.29. The molecule has 1 heterocycles. The first-order valence-electron chi connectivity index (χ1n) is 7.17. The van der Waals surface area contributed by atoms with Gasteiger partial charge in [-0.2, -0.15) is 0 Å². The Morgan fingerprint density at radius 2 is 1.95 bits per heavy atom. The van der Waals surface area contributed by atoms with Crippen molar-refractivity contribution in [2.24, 2.45) is 0 Å². The van der Waals surface area contributed by atoms with E-state index in [1.165, 1.54) is 0 Å². The van der Waals surface area contributed by atoms with Gasteiger partial charge in [0.2, 0.25) is 5.91 Å². The number of benzene rings is 1. The number of carbonyl (C=O) groups is 2. The highest BCUT2D eigenvalue weighted by molar-refractivity contribution is 6.30. The van der Waals surface area contributed by atoms with Crippen LogP contribution in [0, 0.1) is 0 Å². The van der Waals surface area contributed by atoms with Gasteiger partial charge in [0.05, 0.1) is 0 Å². The van der Waals surface area contributed by atoms with Crippen LogP contribution in [-0.4, -0.2) is 47.9 Å². The van der Waals surface area contributed by atoms with Gasteiger partial charge in [0, 0.05) is 31.2 Å². The third-order valence-corrected chi connectivity index (χ3v) is 3.93. The van der Waals surface area contributed by atoms with E-state index in [9.17, 15) is 9.59 Å². The number of nitrogens with zero attached hydrogens (tertiary/aromatic N) is 2. The zero-order valence-corrected chi connectivity index (χ0v) is 13.1. The van der Waals surface area contributed by atoms with E-state index in [-0.39, 0.29) is 11.9 Å². The SMILES string of the molecule is CCN(CC)C(=O)N1CCNC(=O)C1c1ccc(Cl)cc1. The summed E-state index contributed by atoms with van der Waals surface area (Å²) in [6, 6.07) is 6.36. The minimum Gasteiger partial charge on any atom is -0.352 e. The minimum atomic E-state index is -0.593. The van der Waals surface area contributed by atoms with E-state index in [1.807, 2.05) is 13.8 Å². The first-order valence-corrected chi connectivity index (χ1v) is 7.55. The lowest BCUT2D eigenvalue weighted by atomic mass is 10.0. The number of amides is 3. The number of nitrogens with one attached hydrogen (secondary N) is 1. The molecule has 1 aromatic rings. The Hall–Kier alpha value is -1.75. The molecule has 0 saturated carbocycles. The van der Waals surface area contributed by atoms with Crippen molar-refractivity contribution in [3.8, 4) is 0 Å². The molecule has 0 aromatic heterocycles. The van der Waals surface area contributed by atoms with Crippen molar-refractivity contribution in [1.29, 1.82) is 0 Å². The predicted molar refractivity (Wildman–Crippen MR) is 82.2 cm³/mol. The molecule has 0 aliphatic carbocycles. The zero-order valence-electron chi connectivity index (χ0n) is 12.3. The summed E-state index contributed by atoms with van der Waals surface area (Å²) in [4.78, 5) is 28.2. The third-order valence-electron chi connectivity index (χ3n) is 3.68. The number of carbonyl (C=O) groups excluding carboxylic acids is 2. The topological polar surface area (TPSA) is 52.7 Å². The van der Waals surface area contributed by atoms with Crippen LogP contribution in [0.4, 0.5) is 4.79 Å². The molecule has 0 spiro atoms. The Balaban J connectivity index is 2.31. The van der Waals surface area contributed by atoms with Crippen molar-refractivity contribution in [2.75, 3.05) is 26.2 Å². The Kier molecular flexibility index (Phi) is 5.07. The van der Waals surface area contributed by atoms with Gasteiger partial charge in [0.15, 0.2) is 0 Å². The second kappa shape index (κ2) is 6.80. The van der Waals surface area contributed by atoms with Gasteiger partial charge in [-0.1, -0.05) is 23.7 Å². The number of rotatable bonds is 3. The van der Waals surface area contributed by atoms with Crippen LogP contribution in [0.5, 0.6) is 0 Å². The van der Waals surface area contributed by atoms with Crippen molar-refractivity contribution >= 4 is 23.5 Å². The van der Waals surface area contributed by atoms with Crippen LogP contribution < -0.4 is 5.32 Å². The van der Waals surface area contributed by atoms with E-state index in [4.69, 9.17) is 11.6 Å². The number of urea groups is 1. The Labute approximate surface area is 129 Å². The van der Waals surface area contributed by atoms with Gasteiger partial charge >= 0.3 is 6.03 Å². The average molecular weight is 310 g/mol. The number of halogens is 1. The molecule has 1 atom stereocenters. The van der Waals surface area contributed by atoms with Crippen LogP contribution in [0.2, 0.25) is 5.02 Å². The van der Waals surface area contributed by atoms with Gasteiger partial charge in [0.25, 0.3) is 0 Å². The van der Waals surface area contributed by atoms with E-state index in [2.05, 4.69) is 5.32 Å². The van der Waals surface area contributed by atoms with Crippen molar-refractivity contribution in [3.05, 3.63) is 34.9 Å². The van der Waals surface area contributed by atoms with Gasteiger partial charge in [0.1, 0.15) is 6.04 Å². The van der Waals surface area contributed by atoms with Crippen molar-refractivity contribution in [2.45, 2.75) is 19.9 Å². The quantitative estimate of drug-likeness (QED) is 0.931.